The predicted molar refractivity (Wildman–Crippen MR) is 109 cm³/mol. The average Bonchev–Trinajstić information content (AvgIpc) is 2.71. The number of carbonyl (C=O) groups excluding carboxylic acids is 1. The largest absolute Gasteiger partial charge is 0.497 e. The summed E-state index contributed by atoms with van der Waals surface area (Å²) >= 11 is 0. The van der Waals surface area contributed by atoms with E-state index in [1.807, 2.05) is 42.5 Å². The molecule has 0 unspecified atom stereocenters. The molecule has 2 aromatic carbocycles. The molecule has 3 rings (SSSR count). The quantitative estimate of drug-likeness (QED) is 0.777. The molecule has 0 heterocycles. The SMILES string of the molecule is COc1ccc([C@@H](NCC(=O)N[C@@H]2CCCC[C@@H]2C)c2ccccc2)cc1. The zero-order valence-electron chi connectivity index (χ0n) is 16.3. The second kappa shape index (κ2) is 9.56. The summed E-state index contributed by atoms with van der Waals surface area (Å²) in [6.45, 7) is 2.54. The lowest BCUT2D eigenvalue weighted by Gasteiger charge is -2.30. The minimum atomic E-state index is -0.0355. The van der Waals surface area contributed by atoms with Gasteiger partial charge in [-0.2, -0.15) is 0 Å². The Kier molecular flexibility index (Phi) is 6.88. The standard InChI is InChI=1S/C23H30N2O2/c1-17-8-6-7-11-21(17)25-22(26)16-24-23(18-9-4-3-5-10-18)19-12-14-20(27-2)15-13-19/h3-5,9-10,12-15,17,21,23-24H,6-8,11,16H2,1-2H3,(H,25,26)/t17-,21+,23-/m0/s1. The van der Waals surface area contributed by atoms with Crippen LogP contribution in [0.1, 0.15) is 49.8 Å². The van der Waals surface area contributed by atoms with Crippen LogP contribution in [0.25, 0.3) is 0 Å². The van der Waals surface area contributed by atoms with Gasteiger partial charge in [0.25, 0.3) is 0 Å². The van der Waals surface area contributed by atoms with Crippen LogP contribution in [0.5, 0.6) is 5.75 Å². The van der Waals surface area contributed by atoms with Gasteiger partial charge in [0.1, 0.15) is 5.75 Å². The van der Waals surface area contributed by atoms with Gasteiger partial charge >= 0.3 is 0 Å². The van der Waals surface area contributed by atoms with Gasteiger partial charge in [0.05, 0.1) is 19.7 Å². The number of amides is 1. The molecule has 4 heteroatoms. The van der Waals surface area contributed by atoms with Crippen molar-refractivity contribution in [3.05, 3.63) is 65.7 Å². The predicted octanol–water partition coefficient (Wildman–Crippen LogP) is 4.07. The first-order valence-electron chi connectivity index (χ1n) is 9.89. The first-order chi connectivity index (χ1) is 13.2. The van der Waals surface area contributed by atoms with E-state index in [1.165, 1.54) is 19.3 Å². The van der Waals surface area contributed by atoms with Gasteiger partial charge in [-0.1, -0.05) is 62.2 Å². The molecule has 0 radical (unpaired) electrons. The molecule has 1 aliphatic carbocycles. The summed E-state index contributed by atoms with van der Waals surface area (Å²) in [5.74, 6) is 1.46. The Hall–Kier alpha value is -2.33. The van der Waals surface area contributed by atoms with Crippen LogP contribution in [0.4, 0.5) is 0 Å². The molecule has 1 saturated carbocycles. The van der Waals surface area contributed by atoms with Crippen LogP contribution >= 0.6 is 0 Å². The highest BCUT2D eigenvalue weighted by molar-refractivity contribution is 5.78. The Morgan fingerprint density at radius 3 is 2.37 bits per heavy atom. The van der Waals surface area contributed by atoms with E-state index in [2.05, 4.69) is 29.7 Å². The third-order valence-electron chi connectivity index (χ3n) is 5.51. The number of methoxy groups -OCH3 is 1. The molecule has 3 atom stereocenters. The number of nitrogens with one attached hydrogen (secondary N) is 2. The first kappa shape index (κ1) is 19.4. The Balaban J connectivity index is 1.67. The van der Waals surface area contributed by atoms with Gasteiger partial charge in [0.15, 0.2) is 0 Å². The highest BCUT2D eigenvalue weighted by Gasteiger charge is 2.23. The molecular formula is C23H30N2O2. The highest BCUT2D eigenvalue weighted by Crippen LogP contribution is 2.25. The van der Waals surface area contributed by atoms with Crippen LogP contribution in [0.2, 0.25) is 0 Å². The Labute approximate surface area is 162 Å². The number of benzene rings is 2. The van der Waals surface area contributed by atoms with Gasteiger partial charge in [0.2, 0.25) is 5.91 Å². The summed E-state index contributed by atoms with van der Waals surface area (Å²) < 4.78 is 5.26. The second-order valence-electron chi connectivity index (χ2n) is 7.43. The molecule has 0 aromatic heterocycles. The fourth-order valence-corrected chi connectivity index (χ4v) is 3.85. The van der Waals surface area contributed by atoms with Gasteiger partial charge in [0, 0.05) is 6.04 Å². The van der Waals surface area contributed by atoms with Crippen LogP contribution < -0.4 is 15.4 Å². The second-order valence-corrected chi connectivity index (χ2v) is 7.43. The normalized spacial score (nSPS) is 20.7. The van der Waals surface area contributed by atoms with E-state index in [1.54, 1.807) is 7.11 Å². The van der Waals surface area contributed by atoms with Crippen molar-refractivity contribution in [2.75, 3.05) is 13.7 Å². The fourth-order valence-electron chi connectivity index (χ4n) is 3.85. The van der Waals surface area contributed by atoms with Crippen LogP contribution in [0.15, 0.2) is 54.6 Å². The fraction of sp³-hybridized carbons (Fsp3) is 0.435. The van der Waals surface area contributed by atoms with Gasteiger partial charge < -0.3 is 10.1 Å². The minimum absolute atomic E-state index is 0.0355. The molecule has 0 aliphatic heterocycles. The van der Waals surface area contributed by atoms with Crippen molar-refractivity contribution in [1.82, 2.24) is 10.6 Å². The number of carbonyl (C=O) groups is 1. The van der Waals surface area contributed by atoms with Crippen molar-refractivity contribution in [2.24, 2.45) is 5.92 Å². The summed E-state index contributed by atoms with van der Waals surface area (Å²) in [7, 11) is 1.67. The Morgan fingerprint density at radius 2 is 1.70 bits per heavy atom. The molecule has 0 saturated heterocycles. The molecule has 4 nitrogen and oxygen atoms in total. The first-order valence-corrected chi connectivity index (χ1v) is 9.89. The van der Waals surface area contributed by atoms with Crippen molar-refractivity contribution >= 4 is 5.91 Å². The maximum absolute atomic E-state index is 12.5. The minimum Gasteiger partial charge on any atom is -0.497 e. The lowest BCUT2D eigenvalue weighted by molar-refractivity contribution is -0.121. The van der Waals surface area contributed by atoms with Crippen molar-refractivity contribution in [1.29, 1.82) is 0 Å². The van der Waals surface area contributed by atoms with E-state index in [-0.39, 0.29) is 11.9 Å². The van der Waals surface area contributed by atoms with Crippen LogP contribution in [-0.2, 0) is 4.79 Å². The van der Waals surface area contributed by atoms with Crippen LogP contribution in [0.3, 0.4) is 0 Å². The topological polar surface area (TPSA) is 50.4 Å². The molecule has 2 N–H and O–H groups in total. The van der Waals surface area contributed by atoms with E-state index in [0.29, 0.717) is 18.5 Å². The summed E-state index contributed by atoms with van der Waals surface area (Å²) in [4.78, 5) is 12.5. The Bertz CT molecular complexity index is 715. The van der Waals surface area contributed by atoms with E-state index < -0.39 is 0 Å². The molecule has 27 heavy (non-hydrogen) atoms. The van der Waals surface area contributed by atoms with Crippen molar-refractivity contribution < 1.29 is 9.53 Å². The van der Waals surface area contributed by atoms with Crippen molar-refractivity contribution in [3.8, 4) is 5.75 Å². The Morgan fingerprint density at radius 1 is 1.04 bits per heavy atom. The molecule has 144 valence electrons. The molecule has 0 bridgehead atoms. The summed E-state index contributed by atoms with van der Waals surface area (Å²) in [6.07, 6.45) is 4.78. The number of rotatable bonds is 7. The lowest BCUT2D eigenvalue weighted by atomic mass is 9.86. The maximum Gasteiger partial charge on any atom is 0.234 e. The third kappa shape index (κ3) is 5.33. The van der Waals surface area contributed by atoms with Gasteiger partial charge in [-0.25, -0.2) is 0 Å². The smallest absolute Gasteiger partial charge is 0.234 e. The summed E-state index contributed by atoms with van der Waals surface area (Å²) in [5, 5.41) is 6.66. The monoisotopic (exact) mass is 366 g/mol. The molecule has 2 aromatic rings. The summed E-state index contributed by atoms with van der Waals surface area (Å²) in [5.41, 5.74) is 2.25. The number of ether oxygens (including phenoxy) is 1. The maximum atomic E-state index is 12.5. The average molecular weight is 367 g/mol. The van der Waals surface area contributed by atoms with E-state index >= 15 is 0 Å². The van der Waals surface area contributed by atoms with Crippen molar-refractivity contribution in [3.63, 3.8) is 0 Å². The number of hydrogen-bond acceptors (Lipinski definition) is 3. The zero-order valence-corrected chi connectivity index (χ0v) is 16.3. The van der Waals surface area contributed by atoms with Gasteiger partial charge in [-0.05, 0) is 42.0 Å². The van der Waals surface area contributed by atoms with Gasteiger partial charge in [-0.15, -0.1) is 0 Å². The van der Waals surface area contributed by atoms with E-state index in [0.717, 1.165) is 23.3 Å². The zero-order chi connectivity index (χ0) is 19.1. The molecular weight excluding hydrogens is 336 g/mol. The van der Waals surface area contributed by atoms with Crippen LogP contribution in [0, 0.1) is 5.92 Å². The molecule has 1 amide bonds. The molecule has 1 fully saturated rings. The van der Waals surface area contributed by atoms with Crippen molar-refractivity contribution in [2.45, 2.75) is 44.7 Å². The van der Waals surface area contributed by atoms with Crippen LogP contribution in [-0.4, -0.2) is 25.6 Å². The summed E-state index contributed by atoms with van der Waals surface area (Å²) in [6, 6.07) is 18.5. The molecule has 0 spiro atoms. The third-order valence-corrected chi connectivity index (χ3v) is 5.51. The molecule has 1 aliphatic rings. The lowest BCUT2D eigenvalue weighted by Crippen LogP contribution is -2.45. The highest BCUT2D eigenvalue weighted by atomic mass is 16.5. The van der Waals surface area contributed by atoms with Gasteiger partial charge in [-0.3, -0.25) is 10.1 Å². The van der Waals surface area contributed by atoms with E-state index in [4.69, 9.17) is 4.74 Å². The van der Waals surface area contributed by atoms with E-state index in [9.17, 15) is 4.79 Å². The number of hydrogen-bond donors (Lipinski definition) is 2.